The van der Waals surface area contributed by atoms with Gasteiger partial charge < -0.3 is 29.2 Å². The molecule has 2 N–H and O–H groups in total. The SMILES string of the molecule is COc1cc2c(Oc3ccc4[nH]cc(C)c4c3)ncnc2cc1OC[C@H](O)CN1CCCC1. The van der Waals surface area contributed by atoms with E-state index in [4.69, 9.17) is 14.2 Å². The minimum absolute atomic E-state index is 0.183. The lowest BCUT2D eigenvalue weighted by atomic mass is 10.2. The molecule has 0 bridgehead atoms. The molecule has 172 valence electrons. The van der Waals surface area contributed by atoms with Gasteiger partial charge >= 0.3 is 0 Å². The summed E-state index contributed by atoms with van der Waals surface area (Å²) in [5.41, 5.74) is 2.88. The van der Waals surface area contributed by atoms with Crippen molar-refractivity contribution in [3.63, 3.8) is 0 Å². The first kappa shape index (κ1) is 21.5. The van der Waals surface area contributed by atoms with Crippen LogP contribution in [0.1, 0.15) is 18.4 Å². The third-order valence-electron chi connectivity index (χ3n) is 6.06. The Balaban J connectivity index is 1.37. The zero-order valence-corrected chi connectivity index (χ0v) is 18.9. The molecule has 2 aromatic heterocycles. The van der Waals surface area contributed by atoms with E-state index in [0.717, 1.165) is 29.6 Å². The number of fused-ring (bicyclic) bond motifs is 2. The molecule has 1 fully saturated rings. The van der Waals surface area contributed by atoms with Crippen molar-refractivity contribution in [1.29, 1.82) is 0 Å². The normalized spacial score (nSPS) is 15.2. The lowest BCUT2D eigenvalue weighted by Crippen LogP contribution is -2.33. The van der Waals surface area contributed by atoms with E-state index < -0.39 is 6.10 Å². The van der Waals surface area contributed by atoms with E-state index in [1.807, 2.05) is 30.5 Å². The van der Waals surface area contributed by atoms with Crippen molar-refractivity contribution < 1.29 is 19.3 Å². The van der Waals surface area contributed by atoms with Crippen molar-refractivity contribution >= 4 is 21.8 Å². The van der Waals surface area contributed by atoms with Gasteiger partial charge in [0.25, 0.3) is 0 Å². The van der Waals surface area contributed by atoms with E-state index in [0.29, 0.717) is 40.6 Å². The fraction of sp³-hybridized carbons (Fsp3) is 0.360. The Bertz CT molecular complexity index is 1270. The van der Waals surface area contributed by atoms with E-state index in [-0.39, 0.29) is 6.61 Å². The fourth-order valence-corrected chi connectivity index (χ4v) is 4.31. The molecule has 1 aliphatic heterocycles. The van der Waals surface area contributed by atoms with Crippen LogP contribution in [-0.4, -0.2) is 64.4 Å². The maximum absolute atomic E-state index is 10.4. The number of aromatic nitrogens is 3. The maximum Gasteiger partial charge on any atom is 0.230 e. The highest BCUT2D eigenvalue weighted by atomic mass is 16.5. The van der Waals surface area contributed by atoms with Gasteiger partial charge in [-0.15, -0.1) is 0 Å². The van der Waals surface area contributed by atoms with Crippen LogP contribution in [0.25, 0.3) is 21.8 Å². The molecule has 1 saturated heterocycles. The number of hydrogen-bond acceptors (Lipinski definition) is 7. The van der Waals surface area contributed by atoms with Gasteiger partial charge in [-0.2, -0.15) is 0 Å². The number of aliphatic hydroxyl groups is 1. The summed E-state index contributed by atoms with van der Waals surface area (Å²) < 4.78 is 17.6. The highest BCUT2D eigenvalue weighted by Gasteiger charge is 2.18. The van der Waals surface area contributed by atoms with Crippen LogP contribution in [0.4, 0.5) is 0 Å². The Morgan fingerprint density at radius 3 is 2.76 bits per heavy atom. The van der Waals surface area contributed by atoms with Gasteiger partial charge in [0.1, 0.15) is 24.8 Å². The smallest absolute Gasteiger partial charge is 0.230 e. The average Bonchev–Trinajstić information content (AvgIpc) is 3.47. The van der Waals surface area contributed by atoms with Crippen molar-refractivity contribution in [3.8, 4) is 23.1 Å². The van der Waals surface area contributed by atoms with E-state index in [1.165, 1.54) is 19.2 Å². The predicted molar refractivity (Wildman–Crippen MR) is 126 cm³/mol. The first-order valence-electron chi connectivity index (χ1n) is 11.2. The fourth-order valence-electron chi connectivity index (χ4n) is 4.31. The van der Waals surface area contributed by atoms with Gasteiger partial charge in [-0.1, -0.05) is 0 Å². The van der Waals surface area contributed by atoms with Gasteiger partial charge in [0.15, 0.2) is 11.5 Å². The molecule has 0 unspecified atom stereocenters. The number of β-amino-alcohol motifs (C(OH)–C–C–N with tert-alkyl or cyclic N) is 1. The van der Waals surface area contributed by atoms with Crippen LogP contribution in [-0.2, 0) is 0 Å². The van der Waals surface area contributed by atoms with Crippen molar-refractivity contribution in [3.05, 3.63) is 48.4 Å². The van der Waals surface area contributed by atoms with Crippen LogP contribution in [0.5, 0.6) is 23.1 Å². The number of ether oxygens (including phenoxy) is 3. The second kappa shape index (κ2) is 9.25. The second-order valence-electron chi connectivity index (χ2n) is 8.45. The summed E-state index contributed by atoms with van der Waals surface area (Å²) in [5, 5.41) is 12.2. The lowest BCUT2D eigenvalue weighted by molar-refractivity contribution is 0.0747. The molecular formula is C25H28N4O4. The second-order valence-corrected chi connectivity index (χ2v) is 8.45. The standard InChI is InChI=1S/C25H28N4O4/c1-16-12-26-21-6-5-18(9-19(16)21)33-25-20-10-23(31-2)24(11-22(20)27-15-28-25)32-14-17(30)13-29-7-3-4-8-29/h5-6,9-12,15,17,26,30H,3-4,7-8,13-14H2,1-2H3/t17-/m1/s1. The van der Waals surface area contributed by atoms with Crippen LogP contribution in [0, 0.1) is 6.92 Å². The summed E-state index contributed by atoms with van der Waals surface area (Å²) in [5.74, 6) is 2.19. The minimum Gasteiger partial charge on any atom is -0.493 e. The highest BCUT2D eigenvalue weighted by Crippen LogP contribution is 2.36. The van der Waals surface area contributed by atoms with Crippen LogP contribution in [0.15, 0.2) is 42.9 Å². The molecule has 1 atom stereocenters. The Morgan fingerprint density at radius 1 is 1.09 bits per heavy atom. The van der Waals surface area contributed by atoms with Crippen molar-refractivity contribution in [2.24, 2.45) is 0 Å². The Morgan fingerprint density at radius 2 is 1.94 bits per heavy atom. The summed E-state index contributed by atoms with van der Waals surface area (Å²) in [6.07, 6.45) is 5.25. The largest absolute Gasteiger partial charge is 0.493 e. The third-order valence-corrected chi connectivity index (χ3v) is 6.06. The molecule has 0 amide bonds. The number of aromatic amines is 1. The number of rotatable bonds is 8. The zero-order valence-electron chi connectivity index (χ0n) is 18.9. The summed E-state index contributed by atoms with van der Waals surface area (Å²) in [6.45, 7) is 4.92. The molecule has 0 aliphatic carbocycles. The van der Waals surface area contributed by atoms with E-state index in [2.05, 4.69) is 26.8 Å². The molecular weight excluding hydrogens is 420 g/mol. The maximum atomic E-state index is 10.4. The number of nitrogens with zero attached hydrogens (tertiary/aromatic N) is 3. The van der Waals surface area contributed by atoms with Crippen molar-refractivity contribution in [2.45, 2.75) is 25.9 Å². The third kappa shape index (κ3) is 4.58. The highest BCUT2D eigenvalue weighted by molar-refractivity contribution is 5.88. The first-order valence-corrected chi connectivity index (χ1v) is 11.2. The zero-order chi connectivity index (χ0) is 22.8. The monoisotopic (exact) mass is 448 g/mol. The average molecular weight is 449 g/mol. The first-order chi connectivity index (χ1) is 16.1. The van der Waals surface area contributed by atoms with Gasteiger partial charge in [-0.05, 0) is 62.7 Å². The molecule has 3 heterocycles. The molecule has 1 aliphatic rings. The molecule has 0 saturated carbocycles. The summed E-state index contributed by atoms with van der Waals surface area (Å²) in [4.78, 5) is 14.2. The van der Waals surface area contributed by atoms with E-state index in [9.17, 15) is 5.11 Å². The molecule has 5 rings (SSSR count). The number of likely N-dealkylation sites (tertiary alicyclic amines) is 1. The van der Waals surface area contributed by atoms with Gasteiger partial charge in [0.05, 0.1) is 18.0 Å². The summed E-state index contributed by atoms with van der Waals surface area (Å²) in [6, 6.07) is 9.49. The number of aryl methyl sites for hydroxylation is 1. The number of H-pyrrole nitrogens is 1. The van der Waals surface area contributed by atoms with Crippen LogP contribution < -0.4 is 14.2 Å². The van der Waals surface area contributed by atoms with Crippen LogP contribution in [0.3, 0.4) is 0 Å². The molecule has 33 heavy (non-hydrogen) atoms. The molecule has 0 spiro atoms. The van der Waals surface area contributed by atoms with Gasteiger partial charge in [-0.3, -0.25) is 0 Å². The van der Waals surface area contributed by atoms with Gasteiger partial charge in [0.2, 0.25) is 5.88 Å². The molecule has 4 aromatic rings. The number of methoxy groups -OCH3 is 1. The van der Waals surface area contributed by atoms with Crippen molar-refractivity contribution in [2.75, 3.05) is 33.4 Å². The Labute approximate surface area is 192 Å². The number of nitrogens with one attached hydrogen (secondary N) is 1. The Kier molecular flexibility index (Phi) is 6.02. The van der Waals surface area contributed by atoms with E-state index >= 15 is 0 Å². The number of benzene rings is 2. The lowest BCUT2D eigenvalue weighted by Gasteiger charge is -2.20. The van der Waals surface area contributed by atoms with Gasteiger partial charge in [-0.25, -0.2) is 9.97 Å². The van der Waals surface area contributed by atoms with E-state index in [1.54, 1.807) is 13.2 Å². The molecule has 8 heteroatoms. The number of hydrogen-bond donors (Lipinski definition) is 2. The minimum atomic E-state index is -0.570. The topological polar surface area (TPSA) is 92.7 Å². The number of aliphatic hydroxyl groups excluding tert-OH is 1. The van der Waals surface area contributed by atoms with Crippen LogP contribution in [0.2, 0.25) is 0 Å². The Hall–Kier alpha value is -3.36. The van der Waals surface area contributed by atoms with Crippen LogP contribution >= 0.6 is 0 Å². The molecule has 2 aromatic carbocycles. The summed E-state index contributed by atoms with van der Waals surface area (Å²) in [7, 11) is 1.58. The predicted octanol–water partition coefficient (Wildman–Crippen LogP) is 4.06. The van der Waals surface area contributed by atoms with Gasteiger partial charge in [0, 0.05) is 29.7 Å². The molecule has 0 radical (unpaired) electrons. The summed E-state index contributed by atoms with van der Waals surface area (Å²) >= 11 is 0. The molecule has 8 nitrogen and oxygen atoms in total. The quantitative estimate of drug-likeness (QED) is 0.420. The van der Waals surface area contributed by atoms with Crippen molar-refractivity contribution in [1.82, 2.24) is 19.9 Å².